The third kappa shape index (κ3) is 4.42. The Morgan fingerprint density at radius 3 is 1.64 bits per heavy atom. The summed E-state index contributed by atoms with van der Waals surface area (Å²) in [6, 6.07) is 4.67. The van der Waals surface area contributed by atoms with Crippen molar-refractivity contribution < 1.29 is 22.3 Å². The maximum absolute atomic E-state index is 13.9. The number of benzene rings is 1. The zero-order valence-electron chi connectivity index (χ0n) is 14.4. The fraction of sp³-hybridized carbons (Fsp3) is 0.684. The van der Waals surface area contributed by atoms with E-state index >= 15 is 0 Å². The van der Waals surface area contributed by atoms with Gasteiger partial charge in [-0.3, -0.25) is 4.57 Å². The molecule has 0 radical (unpaired) electrons. The van der Waals surface area contributed by atoms with Crippen LogP contribution in [-0.4, -0.2) is 11.3 Å². The lowest BCUT2D eigenvalue weighted by atomic mass is 10.00. The number of halogens is 3. The molecule has 0 amide bonds. The van der Waals surface area contributed by atoms with Crippen molar-refractivity contribution in [1.29, 1.82) is 0 Å². The molecule has 0 atom stereocenters. The van der Waals surface area contributed by atoms with E-state index in [1.54, 1.807) is 0 Å². The molecule has 0 spiro atoms. The van der Waals surface area contributed by atoms with Crippen LogP contribution < -0.4 is 4.52 Å². The highest BCUT2D eigenvalue weighted by Gasteiger charge is 2.43. The van der Waals surface area contributed by atoms with Crippen molar-refractivity contribution in [2.75, 3.05) is 0 Å². The molecule has 0 N–H and O–H groups in total. The van der Waals surface area contributed by atoms with Crippen molar-refractivity contribution >= 4 is 7.37 Å². The fourth-order valence-corrected chi connectivity index (χ4v) is 7.71. The maximum Gasteiger partial charge on any atom is 0.416 e. The third-order valence-electron chi connectivity index (χ3n) is 5.60. The molecule has 2 nitrogen and oxygen atoms in total. The average molecular weight is 374 g/mol. The zero-order chi connectivity index (χ0) is 17.9. The minimum Gasteiger partial charge on any atom is -0.442 e. The third-order valence-corrected chi connectivity index (χ3v) is 9.16. The molecule has 0 aromatic heterocycles. The second-order valence-electron chi connectivity index (χ2n) is 7.34. The van der Waals surface area contributed by atoms with Gasteiger partial charge in [-0.2, -0.15) is 13.2 Å². The van der Waals surface area contributed by atoms with Crippen LogP contribution >= 0.6 is 7.37 Å². The van der Waals surface area contributed by atoms with Crippen LogP contribution in [0.25, 0.3) is 0 Å². The highest BCUT2D eigenvalue weighted by atomic mass is 31.2. The van der Waals surface area contributed by atoms with E-state index < -0.39 is 19.1 Å². The molecule has 25 heavy (non-hydrogen) atoms. The van der Waals surface area contributed by atoms with Gasteiger partial charge in [0.25, 0.3) is 7.37 Å². The highest BCUT2D eigenvalue weighted by Crippen LogP contribution is 2.63. The van der Waals surface area contributed by atoms with Crippen molar-refractivity contribution in [3.63, 3.8) is 0 Å². The van der Waals surface area contributed by atoms with Crippen LogP contribution in [0, 0.1) is 0 Å². The molecule has 0 saturated heterocycles. The molecule has 2 aliphatic rings. The van der Waals surface area contributed by atoms with Crippen molar-refractivity contribution in [3.8, 4) is 5.75 Å². The van der Waals surface area contributed by atoms with Gasteiger partial charge in [-0.15, -0.1) is 0 Å². The summed E-state index contributed by atoms with van der Waals surface area (Å²) in [6.07, 6.45) is 5.88. The van der Waals surface area contributed by atoms with Crippen molar-refractivity contribution in [2.45, 2.75) is 81.7 Å². The Labute approximate surface area is 147 Å². The molecule has 0 unspecified atom stereocenters. The number of alkyl halides is 3. The summed E-state index contributed by atoms with van der Waals surface area (Å²) in [7, 11) is -2.93. The van der Waals surface area contributed by atoms with Crippen LogP contribution in [0.3, 0.4) is 0 Å². The monoisotopic (exact) mass is 374 g/mol. The summed E-state index contributed by atoms with van der Waals surface area (Å²) >= 11 is 0. The molecular formula is C19H26F3O2P. The van der Waals surface area contributed by atoms with Gasteiger partial charge in [-0.25, -0.2) is 0 Å². The van der Waals surface area contributed by atoms with E-state index in [0.29, 0.717) is 5.75 Å². The average Bonchev–Trinajstić information content (AvgIpc) is 2.63. The van der Waals surface area contributed by atoms with E-state index in [0.717, 1.165) is 63.5 Å². The molecule has 0 bridgehead atoms. The lowest BCUT2D eigenvalue weighted by Crippen LogP contribution is -2.26. The normalized spacial score (nSPS) is 21.2. The van der Waals surface area contributed by atoms with E-state index in [-0.39, 0.29) is 11.3 Å². The zero-order valence-corrected chi connectivity index (χ0v) is 15.3. The number of hydrogen-bond acceptors (Lipinski definition) is 2. The minimum atomic E-state index is -4.37. The van der Waals surface area contributed by atoms with Gasteiger partial charge in [-0.1, -0.05) is 38.5 Å². The largest absolute Gasteiger partial charge is 0.442 e. The van der Waals surface area contributed by atoms with Gasteiger partial charge in [-0.05, 0) is 49.9 Å². The van der Waals surface area contributed by atoms with Crippen LogP contribution in [0.1, 0.15) is 69.8 Å². The first kappa shape index (κ1) is 18.8. The molecule has 140 valence electrons. The molecule has 1 aromatic rings. The van der Waals surface area contributed by atoms with Crippen LogP contribution in [-0.2, 0) is 10.7 Å². The first-order chi connectivity index (χ1) is 11.9. The minimum absolute atomic E-state index is 0.0617. The molecule has 1 aromatic carbocycles. The lowest BCUT2D eigenvalue weighted by molar-refractivity contribution is -0.137. The summed E-state index contributed by atoms with van der Waals surface area (Å²) in [5.41, 5.74) is -0.580. The van der Waals surface area contributed by atoms with Gasteiger partial charge in [0.15, 0.2) is 0 Å². The maximum atomic E-state index is 13.9. The highest BCUT2D eigenvalue weighted by molar-refractivity contribution is 7.60. The Hall–Kier alpha value is -0.960. The summed E-state index contributed by atoms with van der Waals surface area (Å²) in [4.78, 5) is 0. The predicted octanol–water partition coefficient (Wildman–Crippen LogP) is 7.03. The van der Waals surface area contributed by atoms with Crippen LogP contribution in [0.15, 0.2) is 24.3 Å². The van der Waals surface area contributed by atoms with E-state index in [2.05, 4.69) is 0 Å². The standard InChI is InChI=1S/C19H26F3O2P/c20-19(21,22)15-11-13-16(14-12-15)24-25(23,17-7-3-1-4-8-17)18-9-5-2-6-10-18/h11-14,17-18H,1-10H2. The van der Waals surface area contributed by atoms with E-state index in [1.165, 1.54) is 25.0 Å². The second kappa shape index (κ2) is 7.73. The van der Waals surface area contributed by atoms with Gasteiger partial charge in [0.05, 0.1) is 5.56 Å². The van der Waals surface area contributed by atoms with Crippen LogP contribution in [0.4, 0.5) is 13.2 Å². The number of hydrogen-bond donors (Lipinski definition) is 0. The SMILES string of the molecule is O=P(Oc1ccc(C(F)(F)F)cc1)(C1CCCCC1)C1CCCCC1. The van der Waals surface area contributed by atoms with Crippen molar-refractivity contribution in [2.24, 2.45) is 0 Å². The van der Waals surface area contributed by atoms with Crippen molar-refractivity contribution in [3.05, 3.63) is 29.8 Å². The van der Waals surface area contributed by atoms with Crippen LogP contribution in [0.2, 0.25) is 0 Å². The Morgan fingerprint density at radius 1 is 0.800 bits per heavy atom. The second-order valence-corrected chi connectivity index (χ2v) is 10.3. The van der Waals surface area contributed by atoms with E-state index in [4.69, 9.17) is 4.52 Å². The van der Waals surface area contributed by atoms with Crippen LogP contribution in [0.5, 0.6) is 5.75 Å². The number of rotatable bonds is 4. The Balaban J connectivity index is 1.82. The topological polar surface area (TPSA) is 26.3 Å². The Morgan fingerprint density at radius 2 is 1.24 bits per heavy atom. The summed E-state index contributed by atoms with van der Waals surface area (Å²) < 4.78 is 58.2. The fourth-order valence-electron chi connectivity index (χ4n) is 4.20. The summed E-state index contributed by atoms with van der Waals surface area (Å²) in [5, 5.41) is 0. The predicted molar refractivity (Wildman–Crippen MR) is 93.4 cm³/mol. The molecule has 2 aliphatic carbocycles. The molecule has 6 heteroatoms. The Bertz CT molecular complexity index is 578. The van der Waals surface area contributed by atoms with E-state index in [1.807, 2.05) is 0 Å². The smallest absolute Gasteiger partial charge is 0.416 e. The molecular weight excluding hydrogens is 348 g/mol. The Kier molecular flexibility index (Phi) is 5.82. The van der Waals surface area contributed by atoms with Gasteiger partial charge in [0, 0.05) is 11.3 Å². The summed E-state index contributed by atoms with van der Waals surface area (Å²) in [6.45, 7) is 0. The lowest BCUT2D eigenvalue weighted by Gasteiger charge is -2.37. The van der Waals surface area contributed by atoms with Gasteiger partial charge in [0.2, 0.25) is 0 Å². The first-order valence-corrected chi connectivity index (χ1v) is 11.1. The molecule has 2 fully saturated rings. The van der Waals surface area contributed by atoms with Gasteiger partial charge >= 0.3 is 6.18 Å². The first-order valence-electron chi connectivity index (χ1n) is 9.36. The van der Waals surface area contributed by atoms with Crippen molar-refractivity contribution in [1.82, 2.24) is 0 Å². The molecule has 0 heterocycles. The molecule has 0 aliphatic heterocycles. The molecule has 3 rings (SSSR count). The molecule has 2 saturated carbocycles. The van der Waals surface area contributed by atoms with Gasteiger partial charge in [0.1, 0.15) is 5.75 Å². The quantitative estimate of drug-likeness (QED) is 0.529. The van der Waals surface area contributed by atoms with Gasteiger partial charge < -0.3 is 4.52 Å². The summed E-state index contributed by atoms with van der Waals surface area (Å²) in [5.74, 6) is 0.312. The van der Waals surface area contributed by atoms with E-state index in [9.17, 15) is 17.7 Å².